The van der Waals surface area contributed by atoms with Gasteiger partial charge in [0.25, 0.3) is 0 Å². The van der Waals surface area contributed by atoms with Crippen LogP contribution in [0.5, 0.6) is 0 Å². The molecule has 0 aromatic heterocycles. The van der Waals surface area contributed by atoms with E-state index >= 15 is 0 Å². The molecule has 1 aromatic rings. The summed E-state index contributed by atoms with van der Waals surface area (Å²) in [6, 6.07) is 8.51. The molecule has 1 aromatic carbocycles. The van der Waals surface area contributed by atoms with E-state index in [1.54, 1.807) is 0 Å². The van der Waals surface area contributed by atoms with Crippen LogP contribution in [0.3, 0.4) is 0 Å². The predicted octanol–water partition coefficient (Wildman–Crippen LogP) is 2.03. The topological polar surface area (TPSA) is 26.0 Å². The molecule has 1 aliphatic rings. The Morgan fingerprint density at radius 2 is 2.00 bits per heavy atom. The van der Waals surface area contributed by atoms with Gasteiger partial charge in [-0.25, -0.2) is 0 Å². The molecule has 1 heteroatoms. The van der Waals surface area contributed by atoms with Gasteiger partial charge in [-0.3, -0.25) is 0 Å². The molecule has 1 aliphatic carbocycles. The lowest BCUT2D eigenvalue weighted by Crippen LogP contribution is -2.24. The molecule has 0 bridgehead atoms. The second-order valence-electron chi connectivity index (χ2n) is 3.97. The summed E-state index contributed by atoms with van der Waals surface area (Å²) in [5.41, 5.74) is 8.98. The number of hydrogen-bond donors (Lipinski definition) is 1. The van der Waals surface area contributed by atoms with Gasteiger partial charge in [-0.15, -0.1) is 0 Å². The zero-order valence-corrected chi connectivity index (χ0v) is 7.51. The highest BCUT2D eigenvalue weighted by atomic mass is 14.8. The minimum Gasteiger partial charge on any atom is -0.325 e. The van der Waals surface area contributed by atoms with E-state index in [9.17, 15) is 0 Å². The van der Waals surface area contributed by atoms with Gasteiger partial charge in [-0.1, -0.05) is 24.3 Å². The largest absolute Gasteiger partial charge is 0.325 e. The molecule has 0 heterocycles. The van der Waals surface area contributed by atoms with Gasteiger partial charge in [0.05, 0.1) is 0 Å². The standard InChI is InChI=1S/C11H15N/c1-9-4-2-3-5-10(9)8-11(12)6-7-11/h2-5H,6-8,12H2,1H3. The predicted molar refractivity (Wildman–Crippen MR) is 51.0 cm³/mol. The Bertz CT molecular complexity index is 287. The molecule has 1 saturated carbocycles. The number of rotatable bonds is 2. The van der Waals surface area contributed by atoms with Crippen LogP contribution in [0.2, 0.25) is 0 Å². The van der Waals surface area contributed by atoms with E-state index in [4.69, 9.17) is 5.73 Å². The molecule has 0 atom stereocenters. The Hall–Kier alpha value is -0.820. The first kappa shape index (κ1) is 7.81. The summed E-state index contributed by atoms with van der Waals surface area (Å²) in [6.45, 7) is 2.15. The molecule has 1 fully saturated rings. The van der Waals surface area contributed by atoms with Crippen molar-refractivity contribution in [3.8, 4) is 0 Å². The number of hydrogen-bond acceptors (Lipinski definition) is 1. The Kier molecular flexibility index (Phi) is 1.69. The van der Waals surface area contributed by atoms with Gasteiger partial charge in [0.15, 0.2) is 0 Å². The van der Waals surface area contributed by atoms with Crippen LogP contribution in [0, 0.1) is 6.92 Å². The third kappa shape index (κ3) is 1.51. The normalized spacial score (nSPS) is 19.2. The molecule has 0 radical (unpaired) electrons. The maximum Gasteiger partial charge on any atom is 0.0196 e. The highest BCUT2D eigenvalue weighted by Crippen LogP contribution is 2.36. The Labute approximate surface area is 73.6 Å². The first-order valence-electron chi connectivity index (χ1n) is 4.53. The fraction of sp³-hybridized carbons (Fsp3) is 0.455. The summed E-state index contributed by atoms with van der Waals surface area (Å²) < 4.78 is 0. The molecule has 0 unspecified atom stereocenters. The van der Waals surface area contributed by atoms with Crippen LogP contribution in [0.15, 0.2) is 24.3 Å². The van der Waals surface area contributed by atoms with Crippen LogP contribution >= 0.6 is 0 Å². The average Bonchev–Trinajstić information content (AvgIpc) is 2.74. The van der Waals surface area contributed by atoms with Crippen LogP contribution in [0.1, 0.15) is 24.0 Å². The summed E-state index contributed by atoms with van der Waals surface area (Å²) in [5.74, 6) is 0. The lowest BCUT2D eigenvalue weighted by molar-refractivity contribution is 0.669. The highest BCUT2D eigenvalue weighted by Gasteiger charge is 2.38. The molecule has 2 N–H and O–H groups in total. The smallest absolute Gasteiger partial charge is 0.0196 e. The van der Waals surface area contributed by atoms with Crippen molar-refractivity contribution in [1.82, 2.24) is 0 Å². The molecule has 0 saturated heterocycles. The number of nitrogens with two attached hydrogens (primary N) is 1. The van der Waals surface area contributed by atoms with E-state index in [0.717, 1.165) is 6.42 Å². The monoisotopic (exact) mass is 161 g/mol. The van der Waals surface area contributed by atoms with E-state index in [1.807, 2.05) is 0 Å². The molecular weight excluding hydrogens is 146 g/mol. The van der Waals surface area contributed by atoms with E-state index in [0.29, 0.717) is 0 Å². The third-order valence-electron chi connectivity index (χ3n) is 2.70. The molecule has 2 rings (SSSR count). The van der Waals surface area contributed by atoms with Gasteiger partial charge in [-0.05, 0) is 37.3 Å². The fourth-order valence-electron chi connectivity index (χ4n) is 1.53. The molecule has 0 amide bonds. The molecule has 12 heavy (non-hydrogen) atoms. The van der Waals surface area contributed by atoms with Crippen molar-refractivity contribution in [1.29, 1.82) is 0 Å². The summed E-state index contributed by atoms with van der Waals surface area (Å²) in [7, 11) is 0. The summed E-state index contributed by atoms with van der Waals surface area (Å²) in [5, 5.41) is 0. The van der Waals surface area contributed by atoms with E-state index in [1.165, 1.54) is 24.0 Å². The molecule has 0 aliphatic heterocycles. The van der Waals surface area contributed by atoms with Gasteiger partial charge >= 0.3 is 0 Å². The van der Waals surface area contributed by atoms with Crippen molar-refractivity contribution >= 4 is 0 Å². The van der Waals surface area contributed by atoms with Crippen LogP contribution < -0.4 is 5.73 Å². The quantitative estimate of drug-likeness (QED) is 0.705. The van der Waals surface area contributed by atoms with Gasteiger partial charge in [0.2, 0.25) is 0 Å². The maximum atomic E-state index is 6.05. The fourth-order valence-corrected chi connectivity index (χ4v) is 1.53. The minimum atomic E-state index is 0.145. The highest BCUT2D eigenvalue weighted by molar-refractivity contribution is 5.28. The van der Waals surface area contributed by atoms with Crippen molar-refractivity contribution in [3.63, 3.8) is 0 Å². The Morgan fingerprint density at radius 1 is 1.33 bits per heavy atom. The van der Waals surface area contributed by atoms with Crippen LogP contribution in [0.4, 0.5) is 0 Å². The average molecular weight is 161 g/mol. The number of benzene rings is 1. The lowest BCUT2D eigenvalue weighted by atomic mass is 10.0. The first-order valence-corrected chi connectivity index (χ1v) is 4.53. The van der Waals surface area contributed by atoms with E-state index in [2.05, 4.69) is 31.2 Å². The second-order valence-corrected chi connectivity index (χ2v) is 3.97. The SMILES string of the molecule is Cc1ccccc1CC1(N)CC1. The molecule has 64 valence electrons. The molecule has 1 nitrogen and oxygen atoms in total. The van der Waals surface area contributed by atoms with Crippen molar-refractivity contribution < 1.29 is 0 Å². The van der Waals surface area contributed by atoms with Crippen molar-refractivity contribution in [2.24, 2.45) is 5.73 Å². The van der Waals surface area contributed by atoms with Crippen LogP contribution in [-0.4, -0.2) is 5.54 Å². The Morgan fingerprint density at radius 3 is 2.58 bits per heavy atom. The van der Waals surface area contributed by atoms with Crippen LogP contribution in [-0.2, 0) is 6.42 Å². The van der Waals surface area contributed by atoms with Crippen molar-refractivity contribution in [2.75, 3.05) is 0 Å². The summed E-state index contributed by atoms with van der Waals surface area (Å²) >= 11 is 0. The van der Waals surface area contributed by atoms with Crippen molar-refractivity contribution in [3.05, 3.63) is 35.4 Å². The number of aryl methyl sites for hydroxylation is 1. The van der Waals surface area contributed by atoms with Gasteiger partial charge in [-0.2, -0.15) is 0 Å². The Balaban J connectivity index is 2.17. The maximum absolute atomic E-state index is 6.05. The minimum absolute atomic E-state index is 0.145. The summed E-state index contributed by atoms with van der Waals surface area (Å²) in [4.78, 5) is 0. The van der Waals surface area contributed by atoms with Gasteiger partial charge < -0.3 is 5.73 Å². The van der Waals surface area contributed by atoms with Gasteiger partial charge in [0, 0.05) is 5.54 Å². The molecular formula is C11H15N. The van der Waals surface area contributed by atoms with E-state index in [-0.39, 0.29) is 5.54 Å². The van der Waals surface area contributed by atoms with Gasteiger partial charge in [0.1, 0.15) is 0 Å². The zero-order valence-electron chi connectivity index (χ0n) is 7.51. The molecule has 0 spiro atoms. The lowest BCUT2D eigenvalue weighted by Gasteiger charge is -2.10. The first-order chi connectivity index (χ1) is 5.70. The zero-order chi connectivity index (χ0) is 8.60. The van der Waals surface area contributed by atoms with Crippen molar-refractivity contribution in [2.45, 2.75) is 31.7 Å². The second kappa shape index (κ2) is 2.60. The summed E-state index contributed by atoms with van der Waals surface area (Å²) in [6.07, 6.45) is 3.45. The van der Waals surface area contributed by atoms with Crippen LogP contribution in [0.25, 0.3) is 0 Å². The van der Waals surface area contributed by atoms with E-state index < -0.39 is 0 Å². The third-order valence-corrected chi connectivity index (χ3v) is 2.70.